The number of nitrogens with one attached hydrogen (secondary N) is 1. The number of nitrogen functional groups attached to an aromatic ring is 1. The zero-order valence-electron chi connectivity index (χ0n) is 12.0. The maximum absolute atomic E-state index is 12.2. The Hall–Kier alpha value is -1.64. The molecule has 0 aliphatic heterocycles. The molecule has 1 unspecified atom stereocenters. The number of hydrogen-bond donors (Lipinski definition) is 3. The molecule has 0 spiro atoms. The number of benzene rings is 1. The summed E-state index contributed by atoms with van der Waals surface area (Å²) in [6, 6.07) is 3.54. The molecule has 21 heavy (non-hydrogen) atoms. The molecule has 8 heteroatoms. The highest BCUT2D eigenvalue weighted by Gasteiger charge is 2.21. The maximum atomic E-state index is 12.2. The monoisotopic (exact) mass is 316 g/mol. The molecule has 0 aliphatic rings. The smallest absolute Gasteiger partial charge is 0.337 e. The van der Waals surface area contributed by atoms with Crippen LogP contribution in [-0.2, 0) is 14.8 Å². The van der Waals surface area contributed by atoms with Crippen LogP contribution in [0.1, 0.15) is 30.1 Å². The van der Waals surface area contributed by atoms with E-state index in [2.05, 4.69) is 9.46 Å². The minimum Gasteiger partial charge on any atom is -0.465 e. The average Bonchev–Trinajstić information content (AvgIpc) is 2.43. The Morgan fingerprint density at radius 2 is 2.14 bits per heavy atom. The van der Waals surface area contributed by atoms with Crippen LogP contribution in [0.4, 0.5) is 5.69 Å². The predicted molar refractivity (Wildman–Crippen MR) is 78.3 cm³/mol. The number of methoxy groups -OCH3 is 1. The van der Waals surface area contributed by atoms with Gasteiger partial charge in [0.25, 0.3) is 0 Å². The third kappa shape index (κ3) is 4.69. The fraction of sp³-hybridized carbons (Fsp3) is 0.462. The summed E-state index contributed by atoms with van der Waals surface area (Å²) >= 11 is 0. The van der Waals surface area contributed by atoms with Gasteiger partial charge in [0.2, 0.25) is 10.0 Å². The Balaban J connectivity index is 2.96. The summed E-state index contributed by atoms with van der Waals surface area (Å²) < 4.78 is 31.4. The summed E-state index contributed by atoms with van der Waals surface area (Å²) in [5.74, 6) is -0.588. The van der Waals surface area contributed by atoms with Crippen LogP contribution in [0.15, 0.2) is 23.1 Å². The van der Waals surface area contributed by atoms with Crippen molar-refractivity contribution in [2.45, 2.75) is 30.7 Å². The molecule has 0 amide bonds. The molecule has 0 aliphatic carbocycles. The van der Waals surface area contributed by atoms with E-state index in [4.69, 9.17) is 10.8 Å². The second kappa shape index (κ2) is 7.39. The normalized spacial score (nSPS) is 12.9. The van der Waals surface area contributed by atoms with Crippen molar-refractivity contribution < 1.29 is 23.1 Å². The van der Waals surface area contributed by atoms with E-state index in [1.165, 1.54) is 25.3 Å². The van der Waals surface area contributed by atoms with Gasteiger partial charge in [-0.2, -0.15) is 0 Å². The Kier molecular flexibility index (Phi) is 6.13. The minimum atomic E-state index is -3.78. The van der Waals surface area contributed by atoms with Crippen molar-refractivity contribution in [3.8, 4) is 0 Å². The number of aliphatic hydroxyl groups excluding tert-OH is 1. The van der Waals surface area contributed by atoms with Gasteiger partial charge in [0.05, 0.1) is 18.4 Å². The van der Waals surface area contributed by atoms with E-state index in [-0.39, 0.29) is 28.8 Å². The molecule has 7 nitrogen and oxygen atoms in total. The van der Waals surface area contributed by atoms with Gasteiger partial charge in [-0.05, 0) is 38.0 Å². The third-order valence-electron chi connectivity index (χ3n) is 2.87. The Labute approximate surface area is 124 Å². The lowest BCUT2D eigenvalue weighted by molar-refractivity contribution is 0.0600. The van der Waals surface area contributed by atoms with Gasteiger partial charge in [0, 0.05) is 12.6 Å². The first-order valence-electron chi connectivity index (χ1n) is 6.43. The molecular formula is C13H20N2O5S. The van der Waals surface area contributed by atoms with Crippen molar-refractivity contribution in [1.29, 1.82) is 0 Å². The fourth-order valence-corrected chi connectivity index (χ4v) is 3.21. The van der Waals surface area contributed by atoms with Crippen molar-refractivity contribution in [2.24, 2.45) is 0 Å². The van der Waals surface area contributed by atoms with Crippen molar-refractivity contribution in [3.05, 3.63) is 23.8 Å². The lowest BCUT2D eigenvalue weighted by Gasteiger charge is -2.15. The van der Waals surface area contributed by atoms with Gasteiger partial charge in [-0.25, -0.2) is 17.9 Å². The van der Waals surface area contributed by atoms with Crippen LogP contribution in [0, 0.1) is 0 Å². The highest BCUT2D eigenvalue weighted by atomic mass is 32.2. The number of nitrogens with two attached hydrogens (primary N) is 1. The van der Waals surface area contributed by atoms with E-state index in [1.807, 2.05) is 0 Å². The lowest BCUT2D eigenvalue weighted by Crippen LogP contribution is -2.33. The molecule has 1 rings (SSSR count). The topological polar surface area (TPSA) is 119 Å². The Morgan fingerprint density at radius 3 is 2.67 bits per heavy atom. The molecular weight excluding hydrogens is 296 g/mol. The molecule has 0 saturated heterocycles. The van der Waals surface area contributed by atoms with Crippen LogP contribution < -0.4 is 10.5 Å². The van der Waals surface area contributed by atoms with E-state index in [1.54, 1.807) is 6.92 Å². The van der Waals surface area contributed by atoms with Gasteiger partial charge in [-0.15, -0.1) is 0 Å². The summed E-state index contributed by atoms with van der Waals surface area (Å²) in [7, 11) is -2.55. The van der Waals surface area contributed by atoms with Crippen LogP contribution in [0.3, 0.4) is 0 Å². The van der Waals surface area contributed by atoms with Crippen molar-refractivity contribution in [3.63, 3.8) is 0 Å². The summed E-state index contributed by atoms with van der Waals surface area (Å²) in [5.41, 5.74) is 5.86. The second-order valence-corrected chi connectivity index (χ2v) is 6.31. The highest BCUT2D eigenvalue weighted by molar-refractivity contribution is 7.89. The van der Waals surface area contributed by atoms with Gasteiger partial charge >= 0.3 is 5.97 Å². The third-order valence-corrected chi connectivity index (χ3v) is 4.54. The van der Waals surface area contributed by atoms with E-state index in [9.17, 15) is 13.2 Å². The molecule has 0 radical (unpaired) electrons. The fourth-order valence-electron chi connectivity index (χ4n) is 1.82. The number of aliphatic hydroxyl groups is 1. The number of rotatable bonds is 7. The van der Waals surface area contributed by atoms with Crippen LogP contribution in [0.25, 0.3) is 0 Å². The summed E-state index contributed by atoms with van der Waals surface area (Å²) in [4.78, 5) is 11.3. The molecule has 1 aromatic rings. The number of carbonyl (C=O) groups excluding carboxylic acids is 1. The van der Waals surface area contributed by atoms with E-state index in [0.29, 0.717) is 12.8 Å². The molecule has 1 atom stereocenters. The highest BCUT2D eigenvalue weighted by Crippen LogP contribution is 2.20. The zero-order chi connectivity index (χ0) is 16.0. The molecule has 0 saturated carbocycles. The SMILES string of the molecule is COC(=O)c1ccc(S(=O)(=O)NC(C)CCCO)c(N)c1. The molecule has 0 aromatic heterocycles. The summed E-state index contributed by atoms with van der Waals surface area (Å²) in [6.45, 7) is 1.70. The minimum absolute atomic E-state index is 0.00202. The molecule has 4 N–H and O–H groups in total. The number of anilines is 1. The van der Waals surface area contributed by atoms with Crippen LogP contribution in [-0.4, -0.2) is 39.3 Å². The van der Waals surface area contributed by atoms with E-state index in [0.717, 1.165) is 0 Å². The van der Waals surface area contributed by atoms with Crippen molar-refractivity contribution in [1.82, 2.24) is 4.72 Å². The standard InChI is InChI=1S/C13H20N2O5S/c1-9(4-3-7-16)15-21(18,19)12-6-5-10(8-11(12)14)13(17)20-2/h5-6,8-9,15-16H,3-4,7,14H2,1-2H3. The van der Waals surface area contributed by atoms with Crippen molar-refractivity contribution >= 4 is 21.7 Å². The molecule has 1 aromatic carbocycles. The van der Waals surface area contributed by atoms with Crippen LogP contribution in [0.2, 0.25) is 0 Å². The van der Waals surface area contributed by atoms with E-state index < -0.39 is 16.0 Å². The van der Waals surface area contributed by atoms with E-state index >= 15 is 0 Å². The van der Waals surface area contributed by atoms with Gasteiger partial charge in [-0.1, -0.05) is 0 Å². The summed E-state index contributed by atoms with van der Waals surface area (Å²) in [5, 5.41) is 8.74. The van der Waals surface area contributed by atoms with Crippen LogP contribution >= 0.6 is 0 Å². The number of carbonyl (C=O) groups is 1. The molecule has 118 valence electrons. The second-order valence-electron chi connectivity index (χ2n) is 4.63. The van der Waals surface area contributed by atoms with Gasteiger partial charge in [-0.3, -0.25) is 0 Å². The van der Waals surface area contributed by atoms with Gasteiger partial charge < -0.3 is 15.6 Å². The molecule has 0 bridgehead atoms. The first-order valence-corrected chi connectivity index (χ1v) is 7.91. The lowest BCUT2D eigenvalue weighted by atomic mass is 10.2. The quantitative estimate of drug-likeness (QED) is 0.498. The average molecular weight is 316 g/mol. The zero-order valence-corrected chi connectivity index (χ0v) is 12.8. The van der Waals surface area contributed by atoms with Gasteiger partial charge in [0.1, 0.15) is 4.90 Å². The molecule has 0 fully saturated rings. The number of ether oxygens (including phenoxy) is 1. The largest absolute Gasteiger partial charge is 0.465 e. The number of hydrogen-bond acceptors (Lipinski definition) is 6. The first kappa shape index (κ1) is 17.4. The predicted octanol–water partition coefficient (Wildman–Crippen LogP) is 0.495. The Morgan fingerprint density at radius 1 is 1.48 bits per heavy atom. The first-order chi connectivity index (χ1) is 9.81. The van der Waals surface area contributed by atoms with Crippen molar-refractivity contribution in [2.75, 3.05) is 19.5 Å². The number of esters is 1. The molecule has 0 heterocycles. The number of sulfonamides is 1. The summed E-state index contributed by atoms with van der Waals surface area (Å²) in [6.07, 6.45) is 1.01. The maximum Gasteiger partial charge on any atom is 0.337 e. The van der Waals surface area contributed by atoms with Gasteiger partial charge in [0.15, 0.2) is 0 Å². The van der Waals surface area contributed by atoms with Crippen LogP contribution in [0.5, 0.6) is 0 Å². The Bertz CT molecular complexity index is 601.